The average molecular weight is 273 g/mol. The molecule has 2 aromatic rings. The topological polar surface area (TPSA) is 28.2 Å². The van der Waals surface area contributed by atoms with Crippen molar-refractivity contribution in [3.05, 3.63) is 54.0 Å². The molecule has 0 radical (unpaired) electrons. The molecule has 1 aromatic carbocycles. The quantitative estimate of drug-likeness (QED) is 0.904. The fraction of sp³-hybridized carbons (Fsp3) is 0.312. The van der Waals surface area contributed by atoms with E-state index >= 15 is 0 Å². The number of rotatable bonds is 5. The lowest BCUT2D eigenvalue weighted by molar-refractivity contribution is 0.588. The maximum Gasteiger partial charge on any atom is 0.132 e. The molecule has 1 heterocycles. The van der Waals surface area contributed by atoms with Gasteiger partial charge in [-0.3, -0.25) is 0 Å². The minimum atomic E-state index is -0.243. The number of benzene rings is 1. The van der Waals surface area contributed by atoms with E-state index in [9.17, 15) is 4.39 Å². The highest BCUT2D eigenvalue weighted by atomic mass is 19.1. The van der Waals surface area contributed by atoms with Crippen molar-refractivity contribution in [2.75, 3.05) is 11.9 Å². The first kappa shape index (κ1) is 14.5. The van der Waals surface area contributed by atoms with Crippen LogP contribution in [0.25, 0.3) is 0 Å². The summed E-state index contributed by atoms with van der Waals surface area (Å²) < 4.78 is 13.2. The molecule has 20 heavy (non-hydrogen) atoms. The standard InChI is InChI=1S/C16H20FN3/c1-12(2)18-10-13-7-8-16(19-11-13)20(3)15-6-4-5-14(17)9-15/h4-9,11-12,18H,10H2,1-3H3. The molecule has 106 valence electrons. The molecule has 0 aliphatic rings. The van der Waals surface area contributed by atoms with Crippen molar-refractivity contribution in [3.63, 3.8) is 0 Å². The first-order valence-corrected chi connectivity index (χ1v) is 6.74. The van der Waals surface area contributed by atoms with Crippen molar-refractivity contribution < 1.29 is 4.39 Å². The maximum atomic E-state index is 13.2. The molecular weight excluding hydrogens is 253 g/mol. The SMILES string of the molecule is CC(C)NCc1ccc(N(C)c2cccc(F)c2)nc1. The third-order valence-corrected chi connectivity index (χ3v) is 3.06. The van der Waals surface area contributed by atoms with Crippen LogP contribution in [0, 0.1) is 5.82 Å². The van der Waals surface area contributed by atoms with Gasteiger partial charge in [0.05, 0.1) is 0 Å². The Hall–Kier alpha value is -1.94. The Morgan fingerprint density at radius 3 is 2.65 bits per heavy atom. The van der Waals surface area contributed by atoms with Gasteiger partial charge in [-0.25, -0.2) is 9.37 Å². The normalized spacial score (nSPS) is 10.8. The van der Waals surface area contributed by atoms with Crippen LogP contribution in [0.1, 0.15) is 19.4 Å². The van der Waals surface area contributed by atoms with Crippen LogP contribution in [0.2, 0.25) is 0 Å². The largest absolute Gasteiger partial charge is 0.329 e. The third kappa shape index (κ3) is 3.78. The summed E-state index contributed by atoms with van der Waals surface area (Å²) in [5.74, 6) is 0.552. The Morgan fingerprint density at radius 1 is 1.25 bits per heavy atom. The Morgan fingerprint density at radius 2 is 2.05 bits per heavy atom. The highest BCUT2D eigenvalue weighted by Gasteiger charge is 2.06. The second kappa shape index (κ2) is 6.48. The van der Waals surface area contributed by atoms with Crippen molar-refractivity contribution in [2.45, 2.75) is 26.4 Å². The molecule has 1 N–H and O–H groups in total. The van der Waals surface area contributed by atoms with Gasteiger partial charge in [0.15, 0.2) is 0 Å². The van der Waals surface area contributed by atoms with Crippen LogP contribution in [0.4, 0.5) is 15.9 Å². The lowest BCUT2D eigenvalue weighted by atomic mass is 10.2. The summed E-state index contributed by atoms with van der Waals surface area (Å²) in [7, 11) is 1.88. The average Bonchev–Trinajstić information content (AvgIpc) is 2.45. The zero-order chi connectivity index (χ0) is 14.5. The van der Waals surface area contributed by atoms with Gasteiger partial charge in [0, 0.05) is 31.5 Å². The molecule has 0 amide bonds. The summed E-state index contributed by atoms with van der Waals surface area (Å²) in [5, 5.41) is 3.35. The number of nitrogens with zero attached hydrogens (tertiary/aromatic N) is 2. The fourth-order valence-corrected chi connectivity index (χ4v) is 1.86. The van der Waals surface area contributed by atoms with E-state index < -0.39 is 0 Å². The molecular formula is C16H20FN3. The number of aromatic nitrogens is 1. The van der Waals surface area contributed by atoms with E-state index in [4.69, 9.17) is 0 Å². The molecule has 3 nitrogen and oxygen atoms in total. The molecule has 4 heteroatoms. The zero-order valence-corrected chi connectivity index (χ0v) is 12.1. The first-order valence-electron chi connectivity index (χ1n) is 6.74. The van der Waals surface area contributed by atoms with Crippen LogP contribution in [0.3, 0.4) is 0 Å². The van der Waals surface area contributed by atoms with Crippen LogP contribution in [-0.4, -0.2) is 18.1 Å². The first-order chi connectivity index (χ1) is 9.56. The predicted molar refractivity (Wildman–Crippen MR) is 80.7 cm³/mol. The smallest absolute Gasteiger partial charge is 0.132 e. The van der Waals surface area contributed by atoms with Gasteiger partial charge in [-0.1, -0.05) is 26.0 Å². The van der Waals surface area contributed by atoms with E-state index in [1.165, 1.54) is 12.1 Å². The molecule has 1 aromatic heterocycles. The lowest BCUT2D eigenvalue weighted by Gasteiger charge is -2.18. The molecule has 0 saturated heterocycles. The molecule has 0 spiro atoms. The summed E-state index contributed by atoms with van der Waals surface area (Å²) in [6.07, 6.45) is 1.85. The summed E-state index contributed by atoms with van der Waals surface area (Å²) in [4.78, 5) is 6.29. The van der Waals surface area contributed by atoms with Crippen molar-refractivity contribution in [1.29, 1.82) is 0 Å². The second-order valence-electron chi connectivity index (χ2n) is 5.10. The van der Waals surface area contributed by atoms with Crippen LogP contribution < -0.4 is 10.2 Å². The molecule has 0 fully saturated rings. The molecule has 2 rings (SSSR count). The number of hydrogen-bond acceptors (Lipinski definition) is 3. The van der Waals surface area contributed by atoms with Crippen molar-refractivity contribution in [1.82, 2.24) is 10.3 Å². The fourth-order valence-electron chi connectivity index (χ4n) is 1.86. The van der Waals surface area contributed by atoms with Crippen LogP contribution in [-0.2, 0) is 6.54 Å². The van der Waals surface area contributed by atoms with Gasteiger partial charge in [-0.05, 0) is 29.8 Å². The van der Waals surface area contributed by atoms with E-state index in [1.54, 1.807) is 6.07 Å². The Balaban J connectivity index is 2.09. The van der Waals surface area contributed by atoms with E-state index in [2.05, 4.69) is 24.1 Å². The Bertz CT molecular complexity index is 552. The third-order valence-electron chi connectivity index (χ3n) is 3.06. The number of halogens is 1. The lowest BCUT2D eigenvalue weighted by Crippen LogP contribution is -2.22. The molecule has 0 aliphatic carbocycles. The zero-order valence-electron chi connectivity index (χ0n) is 12.1. The minimum absolute atomic E-state index is 0.243. The van der Waals surface area contributed by atoms with Crippen molar-refractivity contribution >= 4 is 11.5 Å². The van der Waals surface area contributed by atoms with Gasteiger partial charge >= 0.3 is 0 Å². The van der Waals surface area contributed by atoms with Gasteiger partial charge in [0.25, 0.3) is 0 Å². The number of hydrogen-bond donors (Lipinski definition) is 1. The highest BCUT2D eigenvalue weighted by Crippen LogP contribution is 2.22. The summed E-state index contributed by atoms with van der Waals surface area (Å²) >= 11 is 0. The van der Waals surface area contributed by atoms with E-state index in [-0.39, 0.29) is 5.82 Å². The molecule has 0 bridgehead atoms. The highest BCUT2D eigenvalue weighted by molar-refractivity contribution is 5.58. The van der Waals surface area contributed by atoms with Gasteiger partial charge < -0.3 is 10.2 Å². The predicted octanol–water partition coefficient (Wildman–Crippen LogP) is 3.49. The van der Waals surface area contributed by atoms with Gasteiger partial charge in [-0.15, -0.1) is 0 Å². The maximum absolute atomic E-state index is 13.2. The summed E-state index contributed by atoms with van der Waals surface area (Å²) in [5.41, 5.74) is 1.92. The van der Waals surface area contributed by atoms with Crippen LogP contribution in [0.5, 0.6) is 0 Å². The Labute approximate surface area is 119 Å². The van der Waals surface area contributed by atoms with Gasteiger partial charge in [-0.2, -0.15) is 0 Å². The van der Waals surface area contributed by atoms with Gasteiger partial charge in [0.1, 0.15) is 11.6 Å². The molecule has 0 saturated carbocycles. The van der Waals surface area contributed by atoms with Crippen molar-refractivity contribution in [2.24, 2.45) is 0 Å². The van der Waals surface area contributed by atoms with E-state index in [1.807, 2.05) is 36.3 Å². The summed E-state index contributed by atoms with van der Waals surface area (Å²) in [6, 6.07) is 10.9. The molecule has 0 atom stereocenters. The number of nitrogens with one attached hydrogen (secondary N) is 1. The minimum Gasteiger partial charge on any atom is -0.329 e. The number of anilines is 2. The second-order valence-corrected chi connectivity index (χ2v) is 5.10. The monoisotopic (exact) mass is 273 g/mol. The van der Waals surface area contributed by atoms with Crippen LogP contribution >= 0.6 is 0 Å². The van der Waals surface area contributed by atoms with E-state index in [0.717, 1.165) is 23.6 Å². The van der Waals surface area contributed by atoms with Gasteiger partial charge in [0.2, 0.25) is 0 Å². The molecule has 0 aliphatic heterocycles. The van der Waals surface area contributed by atoms with Crippen molar-refractivity contribution in [3.8, 4) is 0 Å². The molecule has 0 unspecified atom stereocenters. The van der Waals surface area contributed by atoms with Crippen LogP contribution in [0.15, 0.2) is 42.6 Å². The number of pyridine rings is 1. The summed E-state index contributed by atoms with van der Waals surface area (Å²) in [6.45, 7) is 5.02. The Kier molecular flexibility index (Phi) is 4.69. The van der Waals surface area contributed by atoms with E-state index in [0.29, 0.717) is 6.04 Å².